The Morgan fingerprint density at radius 3 is 2.94 bits per heavy atom. The van der Waals surface area contributed by atoms with E-state index in [0.29, 0.717) is 16.5 Å². The molecular weight excluding hydrogens is 264 g/mol. The number of aromatic nitrogens is 2. The van der Waals surface area contributed by atoms with E-state index < -0.39 is 0 Å². The van der Waals surface area contributed by atoms with Crippen LogP contribution >= 0.6 is 23.5 Å². The third kappa shape index (κ3) is 3.44. The van der Waals surface area contributed by atoms with Gasteiger partial charge in [0.1, 0.15) is 0 Å². The number of nitrogens with zero attached hydrogens (tertiary/aromatic N) is 2. The molecule has 1 aromatic rings. The third-order valence-electron chi connectivity index (χ3n) is 3.48. The summed E-state index contributed by atoms with van der Waals surface area (Å²) in [6.45, 7) is 2.32. The van der Waals surface area contributed by atoms with Crippen molar-refractivity contribution < 1.29 is 0 Å². The minimum Gasteiger partial charge on any atom is -0.273 e. The summed E-state index contributed by atoms with van der Waals surface area (Å²) in [6.07, 6.45) is 3.95. The molecule has 0 spiro atoms. The second-order valence-corrected chi connectivity index (χ2v) is 7.44. The zero-order chi connectivity index (χ0) is 13.0. The quantitative estimate of drug-likeness (QED) is 0.633. The van der Waals surface area contributed by atoms with Crippen molar-refractivity contribution in [1.29, 1.82) is 0 Å². The maximum atomic E-state index is 5.75. The van der Waals surface area contributed by atoms with Crippen LogP contribution in [0.1, 0.15) is 19.0 Å². The monoisotopic (exact) mass is 286 g/mol. The minimum absolute atomic E-state index is 0.382. The van der Waals surface area contributed by atoms with Gasteiger partial charge in [-0.1, -0.05) is 6.92 Å². The van der Waals surface area contributed by atoms with Gasteiger partial charge in [-0.25, -0.2) is 0 Å². The van der Waals surface area contributed by atoms with Crippen molar-refractivity contribution in [2.75, 3.05) is 11.5 Å². The lowest BCUT2D eigenvalue weighted by Gasteiger charge is -2.34. The van der Waals surface area contributed by atoms with Gasteiger partial charge in [-0.15, -0.1) is 0 Å². The first-order chi connectivity index (χ1) is 8.72. The van der Waals surface area contributed by atoms with E-state index in [4.69, 9.17) is 5.84 Å². The third-order valence-corrected chi connectivity index (χ3v) is 6.73. The summed E-state index contributed by atoms with van der Waals surface area (Å²) in [5.41, 5.74) is 4.29. The molecule has 0 bridgehead atoms. The van der Waals surface area contributed by atoms with Gasteiger partial charge >= 0.3 is 0 Å². The summed E-state index contributed by atoms with van der Waals surface area (Å²) in [6, 6.07) is 2.47. The number of aryl methyl sites for hydroxylation is 2. The number of thioether (sulfide) groups is 2. The van der Waals surface area contributed by atoms with Gasteiger partial charge < -0.3 is 0 Å². The minimum atomic E-state index is 0.382. The molecule has 6 heteroatoms. The van der Waals surface area contributed by atoms with E-state index in [1.165, 1.54) is 17.2 Å². The molecule has 1 aromatic heterocycles. The van der Waals surface area contributed by atoms with Gasteiger partial charge in [-0.3, -0.25) is 16.0 Å². The molecule has 1 fully saturated rings. The SMILES string of the molecule is CC1SCCSC1C(CCc1ccnn1C)NN. The fourth-order valence-electron chi connectivity index (χ4n) is 2.38. The predicted molar refractivity (Wildman–Crippen MR) is 80.8 cm³/mol. The molecule has 1 aliphatic heterocycles. The summed E-state index contributed by atoms with van der Waals surface area (Å²) >= 11 is 4.12. The van der Waals surface area contributed by atoms with Crippen LogP contribution < -0.4 is 11.3 Å². The molecule has 0 amide bonds. The highest BCUT2D eigenvalue weighted by Crippen LogP contribution is 2.33. The van der Waals surface area contributed by atoms with E-state index in [-0.39, 0.29) is 0 Å². The average molecular weight is 286 g/mol. The number of hydrazine groups is 1. The molecule has 1 aliphatic rings. The van der Waals surface area contributed by atoms with Gasteiger partial charge in [-0.2, -0.15) is 28.6 Å². The molecular formula is C12H22N4S2. The molecule has 18 heavy (non-hydrogen) atoms. The highest BCUT2D eigenvalue weighted by molar-refractivity contribution is 8.07. The van der Waals surface area contributed by atoms with Gasteiger partial charge in [0.15, 0.2) is 0 Å². The Balaban J connectivity index is 1.90. The molecule has 0 aromatic carbocycles. The lowest BCUT2D eigenvalue weighted by atomic mass is 10.0. The van der Waals surface area contributed by atoms with Gasteiger partial charge in [0.05, 0.1) is 0 Å². The maximum absolute atomic E-state index is 5.75. The summed E-state index contributed by atoms with van der Waals surface area (Å²) in [4.78, 5) is 0. The molecule has 0 aliphatic carbocycles. The molecule has 3 N–H and O–H groups in total. The van der Waals surface area contributed by atoms with E-state index in [0.717, 1.165) is 12.8 Å². The first kappa shape index (κ1) is 14.2. The molecule has 4 nitrogen and oxygen atoms in total. The maximum Gasteiger partial charge on any atom is 0.0492 e. The van der Waals surface area contributed by atoms with Crippen molar-refractivity contribution in [2.45, 2.75) is 36.3 Å². The summed E-state index contributed by atoms with van der Waals surface area (Å²) in [7, 11) is 1.99. The largest absolute Gasteiger partial charge is 0.273 e. The van der Waals surface area contributed by atoms with Crippen molar-refractivity contribution in [3.05, 3.63) is 18.0 Å². The fourth-order valence-corrected chi connectivity index (χ4v) is 5.37. The molecule has 3 atom stereocenters. The predicted octanol–water partition coefficient (Wildman–Crippen LogP) is 1.42. The van der Waals surface area contributed by atoms with Crippen LogP contribution in [0.5, 0.6) is 0 Å². The topological polar surface area (TPSA) is 55.9 Å². The lowest BCUT2D eigenvalue weighted by Crippen LogP contribution is -2.47. The number of hydrogen-bond donors (Lipinski definition) is 2. The molecule has 102 valence electrons. The normalized spacial score (nSPS) is 26.2. The smallest absolute Gasteiger partial charge is 0.0492 e. The Kier molecular flexibility index (Phi) is 5.41. The van der Waals surface area contributed by atoms with E-state index in [1.807, 2.05) is 17.9 Å². The summed E-state index contributed by atoms with van der Waals surface area (Å²) < 4.78 is 1.94. The van der Waals surface area contributed by atoms with Crippen molar-refractivity contribution in [2.24, 2.45) is 12.9 Å². The second-order valence-electron chi connectivity index (χ2n) is 4.67. The van der Waals surface area contributed by atoms with Crippen LogP contribution in [0.4, 0.5) is 0 Å². The number of nitrogens with one attached hydrogen (secondary N) is 1. The van der Waals surface area contributed by atoms with Crippen LogP contribution in [-0.2, 0) is 13.5 Å². The van der Waals surface area contributed by atoms with Crippen LogP contribution in [-0.4, -0.2) is 37.8 Å². The zero-order valence-electron chi connectivity index (χ0n) is 11.0. The van der Waals surface area contributed by atoms with Crippen molar-refractivity contribution in [3.8, 4) is 0 Å². The van der Waals surface area contributed by atoms with Crippen molar-refractivity contribution in [3.63, 3.8) is 0 Å². The standard InChI is InChI=1S/C12H22N4S2/c1-9-12(18-8-7-17-9)11(15-13)4-3-10-5-6-14-16(10)2/h5-6,9,11-12,15H,3-4,7-8,13H2,1-2H3. The first-order valence-corrected chi connectivity index (χ1v) is 8.48. The fraction of sp³-hybridized carbons (Fsp3) is 0.750. The van der Waals surface area contributed by atoms with Crippen LogP contribution in [0.15, 0.2) is 12.3 Å². The van der Waals surface area contributed by atoms with Crippen LogP contribution in [0.25, 0.3) is 0 Å². The Morgan fingerprint density at radius 2 is 2.33 bits per heavy atom. The Labute approximate surface area is 117 Å². The highest BCUT2D eigenvalue weighted by Gasteiger charge is 2.29. The lowest BCUT2D eigenvalue weighted by molar-refractivity contribution is 0.467. The molecule has 2 heterocycles. The van der Waals surface area contributed by atoms with E-state index in [2.05, 4.69) is 47.0 Å². The Bertz CT molecular complexity index is 369. The van der Waals surface area contributed by atoms with Gasteiger partial charge in [0.25, 0.3) is 0 Å². The molecule has 0 radical (unpaired) electrons. The summed E-state index contributed by atoms with van der Waals surface area (Å²) in [5, 5.41) is 5.49. The van der Waals surface area contributed by atoms with E-state index >= 15 is 0 Å². The molecule has 0 saturated carbocycles. The Hall–Kier alpha value is -0.170. The zero-order valence-corrected chi connectivity index (χ0v) is 12.6. The van der Waals surface area contributed by atoms with E-state index in [1.54, 1.807) is 0 Å². The molecule has 3 unspecified atom stereocenters. The first-order valence-electron chi connectivity index (χ1n) is 6.38. The van der Waals surface area contributed by atoms with E-state index in [9.17, 15) is 0 Å². The number of nitrogens with two attached hydrogens (primary N) is 1. The van der Waals surface area contributed by atoms with Gasteiger partial charge in [0.2, 0.25) is 0 Å². The number of hydrogen-bond acceptors (Lipinski definition) is 5. The Morgan fingerprint density at radius 1 is 1.56 bits per heavy atom. The average Bonchev–Trinajstić information content (AvgIpc) is 2.78. The highest BCUT2D eigenvalue weighted by atomic mass is 32.2. The van der Waals surface area contributed by atoms with Crippen LogP contribution in [0.3, 0.4) is 0 Å². The van der Waals surface area contributed by atoms with Crippen molar-refractivity contribution in [1.82, 2.24) is 15.2 Å². The van der Waals surface area contributed by atoms with Gasteiger partial charge in [0, 0.05) is 47.0 Å². The van der Waals surface area contributed by atoms with Gasteiger partial charge in [-0.05, 0) is 18.9 Å². The summed E-state index contributed by atoms with van der Waals surface area (Å²) in [5.74, 6) is 8.25. The van der Waals surface area contributed by atoms with Crippen LogP contribution in [0.2, 0.25) is 0 Å². The van der Waals surface area contributed by atoms with Crippen molar-refractivity contribution >= 4 is 23.5 Å². The second kappa shape index (κ2) is 6.84. The molecule has 1 saturated heterocycles. The van der Waals surface area contributed by atoms with Crippen LogP contribution in [0, 0.1) is 0 Å². The number of rotatable bonds is 5. The molecule has 2 rings (SSSR count).